The van der Waals surface area contributed by atoms with Crippen molar-refractivity contribution in [3.63, 3.8) is 0 Å². The lowest BCUT2D eigenvalue weighted by atomic mass is 9.99. The number of hydrogen-bond donors (Lipinski definition) is 2. The summed E-state index contributed by atoms with van der Waals surface area (Å²) in [7, 11) is -3.68. The quantitative estimate of drug-likeness (QED) is 0.762. The molecule has 0 spiro atoms. The van der Waals surface area contributed by atoms with Gasteiger partial charge in [-0.05, 0) is 25.0 Å². The second-order valence-electron chi connectivity index (χ2n) is 5.80. The Balaban J connectivity index is 1.75. The molecular formula is C15H21N3O5S. The molecule has 0 aromatic heterocycles. The van der Waals surface area contributed by atoms with Crippen LogP contribution in [0.1, 0.15) is 12.8 Å². The van der Waals surface area contributed by atoms with Gasteiger partial charge in [0.25, 0.3) is 0 Å². The molecule has 3 rings (SSSR count). The van der Waals surface area contributed by atoms with E-state index in [-0.39, 0.29) is 30.1 Å². The monoisotopic (exact) mass is 355 g/mol. The number of ether oxygens (including phenoxy) is 2. The molecule has 1 aromatic carbocycles. The highest BCUT2D eigenvalue weighted by atomic mass is 32.2. The summed E-state index contributed by atoms with van der Waals surface area (Å²) < 4.78 is 37.5. The van der Waals surface area contributed by atoms with E-state index < -0.39 is 10.0 Å². The molecule has 0 saturated carbocycles. The van der Waals surface area contributed by atoms with Crippen LogP contribution in [0.5, 0.6) is 11.5 Å². The Labute approximate surface area is 141 Å². The highest BCUT2D eigenvalue weighted by Gasteiger charge is 2.34. The number of nitrogens with zero attached hydrogens (tertiary/aromatic N) is 1. The van der Waals surface area contributed by atoms with Crippen molar-refractivity contribution in [1.82, 2.24) is 9.62 Å². The molecule has 1 amide bonds. The molecule has 1 atom stereocenters. The number of fused-ring (bicyclic) bond motifs is 1. The van der Waals surface area contributed by atoms with Crippen molar-refractivity contribution in [2.24, 2.45) is 11.7 Å². The standard InChI is InChI=1S/C15H21N3O5S/c16-5-6-17-15(19)11-2-1-7-18(9-11)24(20,21)12-3-4-13-14(8-12)23-10-22-13/h3-4,8,11H,1-2,5-7,9-10,16H2,(H,17,19). The summed E-state index contributed by atoms with van der Waals surface area (Å²) in [6.45, 7) is 1.42. The van der Waals surface area contributed by atoms with Crippen molar-refractivity contribution >= 4 is 15.9 Å². The van der Waals surface area contributed by atoms with E-state index in [9.17, 15) is 13.2 Å². The van der Waals surface area contributed by atoms with Crippen LogP contribution in [0.4, 0.5) is 0 Å². The molecule has 9 heteroatoms. The van der Waals surface area contributed by atoms with Crippen LogP contribution in [0.2, 0.25) is 0 Å². The number of nitrogens with one attached hydrogen (secondary N) is 1. The third kappa shape index (κ3) is 3.33. The molecule has 1 fully saturated rings. The van der Waals surface area contributed by atoms with E-state index in [1.807, 2.05) is 0 Å². The fourth-order valence-electron chi connectivity index (χ4n) is 2.90. The molecule has 8 nitrogen and oxygen atoms in total. The van der Waals surface area contributed by atoms with Gasteiger partial charge < -0.3 is 20.5 Å². The summed E-state index contributed by atoms with van der Waals surface area (Å²) in [6, 6.07) is 4.56. The van der Waals surface area contributed by atoms with Crippen LogP contribution >= 0.6 is 0 Å². The van der Waals surface area contributed by atoms with Crippen LogP contribution < -0.4 is 20.5 Å². The van der Waals surface area contributed by atoms with Gasteiger partial charge in [-0.2, -0.15) is 4.31 Å². The normalized spacial score (nSPS) is 20.8. The third-order valence-electron chi connectivity index (χ3n) is 4.18. The molecule has 132 valence electrons. The zero-order chi connectivity index (χ0) is 17.2. The van der Waals surface area contributed by atoms with Gasteiger partial charge in [0, 0.05) is 32.2 Å². The van der Waals surface area contributed by atoms with Crippen LogP contribution in [0.15, 0.2) is 23.1 Å². The van der Waals surface area contributed by atoms with E-state index in [0.29, 0.717) is 44.0 Å². The number of piperidine rings is 1. The minimum Gasteiger partial charge on any atom is -0.454 e. The van der Waals surface area contributed by atoms with Crippen LogP contribution in [0.3, 0.4) is 0 Å². The molecular weight excluding hydrogens is 334 g/mol. The minimum absolute atomic E-state index is 0.0892. The molecule has 1 unspecified atom stereocenters. The van der Waals surface area contributed by atoms with Crippen LogP contribution in [-0.2, 0) is 14.8 Å². The average molecular weight is 355 g/mol. The van der Waals surface area contributed by atoms with Crippen LogP contribution in [0.25, 0.3) is 0 Å². The first-order valence-corrected chi connectivity index (χ1v) is 9.34. The van der Waals surface area contributed by atoms with Gasteiger partial charge in [-0.3, -0.25) is 4.79 Å². The maximum Gasteiger partial charge on any atom is 0.243 e. The van der Waals surface area contributed by atoms with Crippen LogP contribution in [0, 0.1) is 5.92 Å². The van der Waals surface area contributed by atoms with Gasteiger partial charge in [-0.25, -0.2) is 8.42 Å². The Morgan fingerprint density at radius 1 is 1.33 bits per heavy atom. The van der Waals surface area contributed by atoms with Gasteiger partial charge in [-0.15, -0.1) is 0 Å². The number of benzene rings is 1. The van der Waals surface area contributed by atoms with Gasteiger partial charge >= 0.3 is 0 Å². The van der Waals surface area contributed by atoms with E-state index in [1.165, 1.54) is 16.4 Å². The molecule has 2 aliphatic heterocycles. The highest BCUT2D eigenvalue weighted by molar-refractivity contribution is 7.89. The van der Waals surface area contributed by atoms with E-state index in [1.54, 1.807) is 6.07 Å². The topological polar surface area (TPSA) is 111 Å². The first-order chi connectivity index (χ1) is 11.5. The lowest BCUT2D eigenvalue weighted by molar-refractivity contribution is -0.126. The summed E-state index contributed by atoms with van der Waals surface area (Å²) in [5, 5.41) is 2.73. The van der Waals surface area contributed by atoms with Crippen molar-refractivity contribution in [2.75, 3.05) is 33.0 Å². The number of sulfonamides is 1. The van der Waals surface area contributed by atoms with E-state index in [2.05, 4.69) is 5.32 Å². The van der Waals surface area contributed by atoms with Crippen molar-refractivity contribution < 1.29 is 22.7 Å². The largest absolute Gasteiger partial charge is 0.454 e. The lowest BCUT2D eigenvalue weighted by Gasteiger charge is -2.31. The number of hydrogen-bond acceptors (Lipinski definition) is 6. The number of carbonyl (C=O) groups excluding carboxylic acids is 1. The molecule has 0 aliphatic carbocycles. The van der Waals surface area contributed by atoms with E-state index in [4.69, 9.17) is 15.2 Å². The summed E-state index contributed by atoms with van der Waals surface area (Å²) in [5.74, 6) is 0.456. The predicted octanol–water partition coefficient (Wildman–Crippen LogP) is -0.109. The van der Waals surface area contributed by atoms with Crippen molar-refractivity contribution in [1.29, 1.82) is 0 Å². The second kappa shape index (κ2) is 6.96. The zero-order valence-electron chi connectivity index (χ0n) is 13.2. The fraction of sp³-hybridized carbons (Fsp3) is 0.533. The Morgan fingerprint density at radius 2 is 2.12 bits per heavy atom. The van der Waals surface area contributed by atoms with Crippen LogP contribution in [-0.4, -0.2) is 51.6 Å². The summed E-state index contributed by atoms with van der Waals surface area (Å²) in [6.07, 6.45) is 1.31. The first kappa shape index (κ1) is 17.0. The Hall–Kier alpha value is -1.84. The smallest absolute Gasteiger partial charge is 0.243 e. The molecule has 24 heavy (non-hydrogen) atoms. The highest BCUT2D eigenvalue weighted by Crippen LogP contribution is 2.35. The first-order valence-electron chi connectivity index (χ1n) is 7.90. The third-order valence-corrected chi connectivity index (χ3v) is 6.04. The van der Waals surface area contributed by atoms with Gasteiger partial charge in [0.2, 0.25) is 22.7 Å². The Bertz CT molecular complexity index is 722. The number of nitrogens with two attached hydrogens (primary N) is 1. The second-order valence-corrected chi connectivity index (χ2v) is 7.73. The van der Waals surface area contributed by atoms with Gasteiger partial charge in [0.1, 0.15) is 0 Å². The predicted molar refractivity (Wildman–Crippen MR) is 86.1 cm³/mol. The summed E-state index contributed by atoms with van der Waals surface area (Å²) in [5.41, 5.74) is 5.38. The van der Waals surface area contributed by atoms with Crippen molar-refractivity contribution in [3.05, 3.63) is 18.2 Å². The van der Waals surface area contributed by atoms with Gasteiger partial charge in [0.05, 0.1) is 10.8 Å². The molecule has 3 N–H and O–H groups in total. The molecule has 2 heterocycles. The average Bonchev–Trinajstić information content (AvgIpc) is 3.07. The molecule has 0 radical (unpaired) electrons. The zero-order valence-corrected chi connectivity index (χ0v) is 14.0. The Morgan fingerprint density at radius 3 is 2.92 bits per heavy atom. The van der Waals surface area contributed by atoms with E-state index >= 15 is 0 Å². The number of rotatable bonds is 5. The number of amides is 1. The maximum atomic E-state index is 12.8. The number of carbonyl (C=O) groups is 1. The van der Waals surface area contributed by atoms with E-state index in [0.717, 1.165) is 0 Å². The minimum atomic E-state index is -3.68. The van der Waals surface area contributed by atoms with Gasteiger partial charge in [0.15, 0.2) is 11.5 Å². The molecule has 0 bridgehead atoms. The molecule has 1 saturated heterocycles. The summed E-state index contributed by atoms with van der Waals surface area (Å²) >= 11 is 0. The van der Waals surface area contributed by atoms with Gasteiger partial charge in [-0.1, -0.05) is 0 Å². The maximum absolute atomic E-state index is 12.8. The fourth-order valence-corrected chi connectivity index (χ4v) is 4.44. The molecule has 2 aliphatic rings. The Kier molecular flexibility index (Phi) is 4.93. The SMILES string of the molecule is NCCNC(=O)C1CCCN(S(=O)(=O)c2ccc3c(c2)OCO3)C1. The lowest BCUT2D eigenvalue weighted by Crippen LogP contribution is -2.46. The van der Waals surface area contributed by atoms with Crippen molar-refractivity contribution in [2.45, 2.75) is 17.7 Å². The summed E-state index contributed by atoms with van der Waals surface area (Å²) in [4.78, 5) is 12.2. The molecule has 1 aromatic rings. The van der Waals surface area contributed by atoms with Crippen molar-refractivity contribution in [3.8, 4) is 11.5 Å².